The molecule has 0 saturated heterocycles. The fourth-order valence-electron chi connectivity index (χ4n) is 1.17. The molecule has 2 rings (SSSR count). The molecule has 2 N–H and O–H groups in total. The Bertz CT molecular complexity index is 325. The number of carbonyl (C=O) groups is 1. The molecule has 0 atom stereocenters. The van der Waals surface area contributed by atoms with E-state index in [1.165, 1.54) is 0 Å². The number of rotatable bonds is 2. The Labute approximate surface area is 70.4 Å². The van der Waals surface area contributed by atoms with Gasteiger partial charge < -0.3 is 10.3 Å². The standard InChI is InChI=1S/C8H11N3O/c1-11-5-4-10-7(11)6(12)8(9)2-3-8/h4-5H,2-3,9H2,1H3. The van der Waals surface area contributed by atoms with Crippen molar-refractivity contribution in [3.05, 3.63) is 18.2 Å². The van der Waals surface area contributed by atoms with Crippen molar-refractivity contribution in [2.24, 2.45) is 12.8 Å². The lowest BCUT2D eigenvalue weighted by Gasteiger charge is -2.05. The molecule has 0 aromatic carbocycles. The zero-order valence-electron chi connectivity index (χ0n) is 6.95. The van der Waals surface area contributed by atoms with E-state index < -0.39 is 5.54 Å². The molecular weight excluding hydrogens is 154 g/mol. The van der Waals surface area contributed by atoms with Gasteiger partial charge in [-0.05, 0) is 12.8 Å². The number of hydrogen-bond acceptors (Lipinski definition) is 3. The lowest BCUT2D eigenvalue weighted by atomic mass is 10.1. The SMILES string of the molecule is Cn1ccnc1C(=O)C1(N)CC1. The summed E-state index contributed by atoms with van der Waals surface area (Å²) in [7, 11) is 1.80. The summed E-state index contributed by atoms with van der Waals surface area (Å²) in [5.41, 5.74) is 5.15. The number of aromatic nitrogens is 2. The van der Waals surface area contributed by atoms with Crippen LogP contribution >= 0.6 is 0 Å². The second kappa shape index (κ2) is 2.17. The third-order valence-electron chi connectivity index (χ3n) is 2.27. The van der Waals surface area contributed by atoms with Crippen LogP contribution in [0.25, 0.3) is 0 Å². The second-order valence-corrected chi connectivity index (χ2v) is 3.35. The topological polar surface area (TPSA) is 60.9 Å². The molecule has 1 aliphatic rings. The summed E-state index contributed by atoms with van der Waals surface area (Å²) in [6.45, 7) is 0. The van der Waals surface area contributed by atoms with E-state index >= 15 is 0 Å². The molecule has 4 heteroatoms. The molecule has 12 heavy (non-hydrogen) atoms. The second-order valence-electron chi connectivity index (χ2n) is 3.35. The van der Waals surface area contributed by atoms with Crippen molar-refractivity contribution >= 4 is 5.78 Å². The van der Waals surface area contributed by atoms with Gasteiger partial charge in [0, 0.05) is 19.4 Å². The highest BCUT2D eigenvalue weighted by Crippen LogP contribution is 2.34. The Morgan fingerprint density at radius 3 is 2.83 bits per heavy atom. The van der Waals surface area contributed by atoms with Crippen molar-refractivity contribution < 1.29 is 4.79 Å². The Balaban J connectivity index is 2.31. The first kappa shape index (κ1) is 7.49. The Morgan fingerprint density at radius 2 is 2.42 bits per heavy atom. The van der Waals surface area contributed by atoms with E-state index in [0.717, 1.165) is 12.8 Å². The summed E-state index contributed by atoms with van der Waals surface area (Å²) in [6, 6.07) is 0. The predicted octanol–water partition coefficient (Wildman–Crippen LogP) is 0.0941. The fourth-order valence-corrected chi connectivity index (χ4v) is 1.17. The summed E-state index contributed by atoms with van der Waals surface area (Å²) in [5, 5.41) is 0. The number of aryl methyl sites for hydroxylation is 1. The van der Waals surface area contributed by atoms with Gasteiger partial charge >= 0.3 is 0 Å². The Morgan fingerprint density at radius 1 is 1.75 bits per heavy atom. The van der Waals surface area contributed by atoms with Crippen molar-refractivity contribution in [2.45, 2.75) is 18.4 Å². The van der Waals surface area contributed by atoms with E-state index in [0.29, 0.717) is 5.82 Å². The molecule has 0 bridgehead atoms. The molecule has 1 aromatic rings. The zero-order valence-corrected chi connectivity index (χ0v) is 6.95. The maximum Gasteiger partial charge on any atom is 0.217 e. The summed E-state index contributed by atoms with van der Waals surface area (Å²) in [6.07, 6.45) is 4.94. The van der Waals surface area contributed by atoms with Gasteiger partial charge in [0.1, 0.15) is 0 Å². The molecule has 0 spiro atoms. The maximum absolute atomic E-state index is 11.6. The minimum absolute atomic E-state index is 0.0324. The molecule has 0 amide bonds. The van der Waals surface area contributed by atoms with Crippen LogP contribution in [0.1, 0.15) is 23.5 Å². The summed E-state index contributed by atoms with van der Waals surface area (Å²) in [4.78, 5) is 15.6. The number of nitrogens with zero attached hydrogens (tertiary/aromatic N) is 2. The molecule has 0 unspecified atom stereocenters. The zero-order chi connectivity index (χ0) is 8.77. The van der Waals surface area contributed by atoms with Crippen LogP contribution in [0.4, 0.5) is 0 Å². The largest absolute Gasteiger partial charge is 0.332 e. The van der Waals surface area contributed by atoms with E-state index in [2.05, 4.69) is 4.98 Å². The van der Waals surface area contributed by atoms with Crippen molar-refractivity contribution in [3.63, 3.8) is 0 Å². The first-order valence-electron chi connectivity index (χ1n) is 3.94. The number of Topliss-reactive ketones (excluding diaryl/α,β-unsaturated/α-hetero) is 1. The average Bonchev–Trinajstić information content (AvgIpc) is 2.63. The van der Waals surface area contributed by atoms with Crippen LogP contribution < -0.4 is 5.73 Å². The normalized spacial score (nSPS) is 19.2. The number of carbonyl (C=O) groups excluding carboxylic acids is 1. The highest BCUT2D eigenvalue weighted by Gasteiger charge is 2.47. The van der Waals surface area contributed by atoms with Crippen LogP contribution in [0.5, 0.6) is 0 Å². The third kappa shape index (κ3) is 0.956. The molecular formula is C8H11N3O. The fraction of sp³-hybridized carbons (Fsp3) is 0.500. The van der Waals surface area contributed by atoms with E-state index in [9.17, 15) is 4.79 Å². The molecule has 64 valence electrons. The van der Waals surface area contributed by atoms with Crippen LogP contribution in [0.15, 0.2) is 12.4 Å². The van der Waals surface area contributed by atoms with E-state index in [1.807, 2.05) is 0 Å². The number of ketones is 1. The minimum Gasteiger partial charge on any atom is -0.332 e. The molecule has 1 aliphatic carbocycles. The average molecular weight is 165 g/mol. The van der Waals surface area contributed by atoms with Crippen LogP contribution in [-0.2, 0) is 7.05 Å². The lowest BCUT2D eigenvalue weighted by molar-refractivity contribution is 0.0936. The first-order valence-corrected chi connectivity index (χ1v) is 3.94. The lowest BCUT2D eigenvalue weighted by Crippen LogP contribution is -2.34. The smallest absolute Gasteiger partial charge is 0.217 e. The van der Waals surface area contributed by atoms with Gasteiger partial charge in [0.25, 0.3) is 0 Å². The quantitative estimate of drug-likeness (QED) is 0.632. The number of nitrogens with two attached hydrogens (primary N) is 1. The predicted molar refractivity (Wildman–Crippen MR) is 43.7 cm³/mol. The van der Waals surface area contributed by atoms with Crippen LogP contribution in [0.3, 0.4) is 0 Å². The minimum atomic E-state index is -0.598. The molecule has 1 saturated carbocycles. The van der Waals surface area contributed by atoms with Gasteiger partial charge in [-0.25, -0.2) is 4.98 Å². The maximum atomic E-state index is 11.6. The summed E-state index contributed by atoms with van der Waals surface area (Å²) in [5.74, 6) is 0.435. The van der Waals surface area contributed by atoms with Crippen molar-refractivity contribution in [1.82, 2.24) is 9.55 Å². The van der Waals surface area contributed by atoms with Crippen LogP contribution in [-0.4, -0.2) is 20.9 Å². The van der Waals surface area contributed by atoms with Crippen molar-refractivity contribution in [3.8, 4) is 0 Å². The van der Waals surface area contributed by atoms with Gasteiger partial charge in [-0.1, -0.05) is 0 Å². The van der Waals surface area contributed by atoms with E-state index in [4.69, 9.17) is 5.73 Å². The molecule has 0 aliphatic heterocycles. The summed E-state index contributed by atoms with van der Waals surface area (Å²) < 4.78 is 1.70. The van der Waals surface area contributed by atoms with E-state index in [1.54, 1.807) is 24.0 Å². The third-order valence-corrected chi connectivity index (χ3v) is 2.27. The molecule has 1 fully saturated rings. The Kier molecular flexibility index (Phi) is 1.35. The molecule has 1 aromatic heterocycles. The highest BCUT2D eigenvalue weighted by atomic mass is 16.1. The summed E-state index contributed by atoms with van der Waals surface area (Å²) >= 11 is 0. The monoisotopic (exact) mass is 165 g/mol. The number of imidazole rings is 1. The van der Waals surface area contributed by atoms with Crippen molar-refractivity contribution in [1.29, 1.82) is 0 Å². The Hall–Kier alpha value is -1.16. The molecule has 0 radical (unpaired) electrons. The molecule has 1 heterocycles. The van der Waals surface area contributed by atoms with Gasteiger partial charge in [0.2, 0.25) is 5.78 Å². The van der Waals surface area contributed by atoms with E-state index in [-0.39, 0.29) is 5.78 Å². The van der Waals surface area contributed by atoms with Gasteiger partial charge in [0.15, 0.2) is 5.82 Å². The van der Waals surface area contributed by atoms with Crippen LogP contribution in [0, 0.1) is 0 Å². The van der Waals surface area contributed by atoms with Gasteiger partial charge in [-0.3, -0.25) is 4.79 Å². The number of hydrogen-bond donors (Lipinski definition) is 1. The highest BCUT2D eigenvalue weighted by molar-refractivity contribution is 6.02. The molecule has 4 nitrogen and oxygen atoms in total. The first-order chi connectivity index (χ1) is 5.63. The van der Waals surface area contributed by atoms with Gasteiger partial charge in [0.05, 0.1) is 5.54 Å². The van der Waals surface area contributed by atoms with Crippen LogP contribution in [0.2, 0.25) is 0 Å². The van der Waals surface area contributed by atoms with Gasteiger partial charge in [-0.2, -0.15) is 0 Å². The van der Waals surface area contributed by atoms with Crippen molar-refractivity contribution in [2.75, 3.05) is 0 Å². The van der Waals surface area contributed by atoms with Gasteiger partial charge in [-0.15, -0.1) is 0 Å².